The molecule has 6 amide bonds. The van der Waals surface area contributed by atoms with Crippen molar-refractivity contribution >= 4 is 46.9 Å². The molecule has 2 aromatic heterocycles. The number of piperidine rings is 1. The number of rotatable bonds is 18. The van der Waals surface area contributed by atoms with Gasteiger partial charge >= 0.3 is 12.1 Å². The number of hydrogen-bond donors (Lipinski definition) is 3. The lowest BCUT2D eigenvalue weighted by Gasteiger charge is -2.27. The number of amides is 6. The van der Waals surface area contributed by atoms with Crippen LogP contribution in [0.3, 0.4) is 0 Å². The summed E-state index contributed by atoms with van der Waals surface area (Å²) < 4.78 is 8.99. The summed E-state index contributed by atoms with van der Waals surface area (Å²) in [4.78, 5) is 88.3. The van der Waals surface area contributed by atoms with Crippen molar-refractivity contribution < 1.29 is 33.5 Å². The normalized spacial score (nSPS) is 14.4. The number of imidazole rings is 2. The zero-order valence-corrected chi connectivity index (χ0v) is 37.1. The van der Waals surface area contributed by atoms with E-state index in [2.05, 4.69) is 36.9 Å². The molecule has 3 N–H and O–H groups in total. The second kappa shape index (κ2) is 21.9. The maximum absolute atomic E-state index is 14.4. The van der Waals surface area contributed by atoms with E-state index in [1.54, 1.807) is 82.5 Å². The van der Waals surface area contributed by atoms with E-state index in [0.717, 1.165) is 31.6 Å². The number of hydrogen-bond acceptors (Lipinski definition) is 10. The van der Waals surface area contributed by atoms with Gasteiger partial charge in [-0.15, -0.1) is 0 Å². The van der Waals surface area contributed by atoms with Gasteiger partial charge in [0.2, 0.25) is 0 Å². The molecule has 0 spiro atoms. The van der Waals surface area contributed by atoms with Crippen molar-refractivity contribution in [3.8, 4) is 5.75 Å². The summed E-state index contributed by atoms with van der Waals surface area (Å²) in [6.45, 7) is 5.62. The van der Waals surface area contributed by atoms with Crippen LogP contribution in [0.4, 0.5) is 26.7 Å². The summed E-state index contributed by atoms with van der Waals surface area (Å²) in [5.41, 5.74) is 3.00. The Hall–Kier alpha value is -7.21. The molecule has 0 aliphatic carbocycles. The van der Waals surface area contributed by atoms with Crippen LogP contribution < -0.4 is 30.6 Å². The Balaban J connectivity index is 0.910. The summed E-state index contributed by atoms with van der Waals surface area (Å²) in [6.07, 6.45) is 11.1. The number of hydroxylamine groups is 2. The second-order valence-electron chi connectivity index (χ2n) is 16.2. The molecule has 0 saturated carbocycles. The maximum atomic E-state index is 14.4. The monoisotopic (exact) mass is 887 g/mol. The van der Waals surface area contributed by atoms with Gasteiger partial charge in [0.1, 0.15) is 18.3 Å². The third-order valence-corrected chi connectivity index (χ3v) is 11.3. The van der Waals surface area contributed by atoms with Crippen molar-refractivity contribution in [3.05, 3.63) is 120 Å². The fraction of sp³-hybridized carbons (Fsp3) is 0.383. The number of nitrogens with one attached hydrogen (secondary N) is 3. The minimum atomic E-state index is -1.61. The number of carbonyl (C=O) groups excluding carboxylic acids is 5. The van der Waals surface area contributed by atoms with E-state index < -0.39 is 30.0 Å². The van der Waals surface area contributed by atoms with Gasteiger partial charge in [-0.05, 0) is 86.3 Å². The molecule has 2 aliphatic heterocycles. The second-order valence-corrected chi connectivity index (χ2v) is 16.2. The average molecular weight is 888 g/mol. The number of anilines is 3. The fourth-order valence-corrected chi connectivity index (χ4v) is 7.83. The van der Waals surface area contributed by atoms with Crippen LogP contribution in [-0.2, 0) is 59.5 Å². The first-order chi connectivity index (χ1) is 31.6. The van der Waals surface area contributed by atoms with Crippen molar-refractivity contribution in [2.24, 2.45) is 14.1 Å². The highest BCUT2D eigenvalue weighted by Crippen LogP contribution is 2.35. The Morgan fingerprint density at radius 2 is 1.43 bits per heavy atom. The first-order valence-corrected chi connectivity index (χ1v) is 22.1. The van der Waals surface area contributed by atoms with Crippen molar-refractivity contribution in [2.45, 2.75) is 77.7 Å². The molecule has 0 unspecified atom stereocenters. The Kier molecular flexibility index (Phi) is 15.4. The number of benzene rings is 3. The van der Waals surface area contributed by atoms with E-state index in [1.165, 1.54) is 34.1 Å². The summed E-state index contributed by atoms with van der Waals surface area (Å²) in [5, 5.41) is 9.41. The quantitative estimate of drug-likeness (QED) is 0.0564. The van der Waals surface area contributed by atoms with Gasteiger partial charge in [0, 0.05) is 64.1 Å². The third kappa shape index (κ3) is 12.1. The number of ether oxygens (including phenoxy) is 1. The number of alkyl carbamates (subject to hydrolysis) is 1. The van der Waals surface area contributed by atoms with E-state index in [1.807, 2.05) is 39.2 Å². The van der Waals surface area contributed by atoms with Crippen LogP contribution in [0.5, 0.6) is 5.75 Å². The molecule has 2 aliphatic rings. The molecule has 5 aromatic rings. The number of nitrogens with zero attached hydrogens (tertiary/aromatic N) is 8. The van der Waals surface area contributed by atoms with Crippen molar-refractivity contribution in [3.63, 3.8) is 0 Å². The van der Waals surface area contributed by atoms with Crippen LogP contribution in [0, 0.1) is 0 Å². The highest BCUT2D eigenvalue weighted by atomic mass is 16.7. The van der Waals surface area contributed by atoms with Gasteiger partial charge in [0.15, 0.2) is 11.8 Å². The number of carbonyl (C=O) groups is 5. The number of likely N-dealkylation sites (tertiary alicyclic amines) is 1. The van der Waals surface area contributed by atoms with Crippen LogP contribution in [0.2, 0.25) is 0 Å². The molecule has 65 heavy (non-hydrogen) atoms. The first kappa shape index (κ1) is 45.8. The molecule has 0 bridgehead atoms. The molecule has 1 saturated heterocycles. The summed E-state index contributed by atoms with van der Waals surface area (Å²) in [7, 11) is 3.62. The third-order valence-electron chi connectivity index (χ3n) is 11.3. The Labute approximate surface area is 378 Å². The van der Waals surface area contributed by atoms with Gasteiger partial charge in [0.25, 0.3) is 17.7 Å². The van der Waals surface area contributed by atoms with Crippen LogP contribution in [0.1, 0.15) is 68.2 Å². The molecule has 18 heteroatoms. The van der Waals surface area contributed by atoms with E-state index in [9.17, 15) is 24.0 Å². The standard InChI is InChI=1S/C47H57N11O7/c1-4-23-58(65-37-16-11-13-34(29-37)30-55-24-8-5-9-25-55)42(59)19-12-20-50-47(63)64-33-35-14-10-15-36(28-35)51-46(62)52-43-44(60)56(31-40-48-21-26-53(40)2)38-17-6-7-18-39(38)57(45(43)61)32-41-49-22-27-54(41)3/h6-7,10-11,13-18,21-22,26-29,43H,4-5,8-9,12,19-20,23-25,30-33H2,1-3H3,(H,50,63)(H2,51,52,62). The predicted octanol–water partition coefficient (Wildman–Crippen LogP) is 5.65. The molecule has 4 heterocycles. The first-order valence-electron chi connectivity index (χ1n) is 22.1. The minimum absolute atomic E-state index is 0.0392. The smallest absolute Gasteiger partial charge is 0.407 e. The van der Waals surface area contributed by atoms with E-state index in [-0.39, 0.29) is 38.6 Å². The highest BCUT2D eigenvalue weighted by Gasteiger charge is 2.42. The molecule has 1 fully saturated rings. The summed E-state index contributed by atoms with van der Waals surface area (Å²) >= 11 is 0. The lowest BCUT2D eigenvalue weighted by molar-refractivity contribution is -0.157. The maximum Gasteiger partial charge on any atom is 0.407 e. The zero-order chi connectivity index (χ0) is 45.7. The van der Waals surface area contributed by atoms with Crippen LogP contribution in [-0.4, -0.2) is 91.1 Å². The topological polar surface area (TPSA) is 188 Å². The van der Waals surface area contributed by atoms with Gasteiger partial charge in [-0.25, -0.2) is 19.6 Å². The molecule has 3 aromatic carbocycles. The van der Waals surface area contributed by atoms with Gasteiger partial charge in [-0.1, -0.05) is 49.7 Å². The molecule has 0 radical (unpaired) electrons. The Bertz CT molecular complexity index is 2360. The van der Waals surface area contributed by atoms with Crippen LogP contribution >= 0.6 is 0 Å². The van der Waals surface area contributed by atoms with Crippen molar-refractivity contribution in [1.82, 2.24) is 39.7 Å². The van der Waals surface area contributed by atoms with Crippen molar-refractivity contribution in [1.29, 1.82) is 0 Å². The van der Waals surface area contributed by atoms with Gasteiger partial charge < -0.3 is 44.5 Å². The molecular formula is C47H57N11O7. The summed E-state index contributed by atoms with van der Waals surface area (Å²) in [6, 6.07) is 19.2. The number of aromatic nitrogens is 4. The molecule has 7 rings (SSSR count). The van der Waals surface area contributed by atoms with Gasteiger partial charge in [-0.3, -0.25) is 19.3 Å². The fourth-order valence-electron chi connectivity index (χ4n) is 7.83. The number of urea groups is 1. The number of aryl methyl sites for hydroxylation is 2. The van der Waals surface area contributed by atoms with E-state index in [4.69, 9.17) is 9.57 Å². The zero-order valence-electron chi connectivity index (χ0n) is 37.1. The SMILES string of the molecule is CCCN(Oc1cccc(CN2CCCCC2)c1)C(=O)CCCNC(=O)OCc1cccc(NC(=O)NC2C(=O)N(Cc3nccn3C)c3ccccc3N(Cc3nccn3C)C2=O)c1. The molecular weight excluding hydrogens is 831 g/mol. The highest BCUT2D eigenvalue weighted by molar-refractivity contribution is 6.21. The van der Waals surface area contributed by atoms with Crippen LogP contribution in [0.25, 0.3) is 0 Å². The largest absolute Gasteiger partial charge is 0.445 e. The van der Waals surface area contributed by atoms with Crippen LogP contribution in [0.15, 0.2) is 97.6 Å². The summed E-state index contributed by atoms with van der Waals surface area (Å²) in [5.74, 6) is 0.297. The van der Waals surface area contributed by atoms with Crippen molar-refractivity contribution in [2.75, 3.05) is 41.3 Å². The van der Waals surface area contributed by atoms with E-state index in [0.29, 0.717) is 53.0 Å². The lowest BCUT2D eigenvalue weighted by atomic mass is 10.1. The van der Waals surface area contributed by atoms with Gasteiger partial charge in [0.05, 0.1) is 31.0 Å². The number of fused-ring (bicyclic) bond motifs is 1. The predicted molar refractivity (Wildman–Crippen MR) is 243 cm³/mol. The average Bonchev–Trinajstić information content (AvgIpc) is 3.91. The Morgan fingerprint density at radius 3 is 2.06 bits per heavy atom. The van der Waals surface area contributed by atoms with Gasteiger partial charge in [-0.2, -0.15) is 5.06 Å². The number of para-hydroxylation sites is 2. The lowest BCUT2D eigenvalue weighted by Crippen LogP contribution is -2.56. The Morgan fingerprint density at radius 1 is 0.785 bits per heavy atom. The molecule has 18 nitrogen and oxygen atoms in total. The minimum Gasteiger partial charge on any atom is -0.445 e. The molecule has 342 valence electrons. The molecule has 0 atom stereocenters. The van der Waals surface area contributed by atoms with E-state index >= 15 is 0 Å².